The first-order chi connectivity index (χ1) is 10.1. The van der Waals surface area contributed by atoms with Gasteiger partial charge in [0.05, 0.1) is 6.61 Å². The van der Waals surface area contributed by atoms with Crippen LogP contribution in [0.25, 0.3) is 0 Å². The molecule has 114 valence electrons. The molecule has 0 unspecified atom stereocenters. The number of likely N-dealkylation sites (tertiary alicyclic amines) is 1. The van der Waals surface area contributed by atoms with Crippen molar-refractivity contribution in [2.45, 2.75) is 32.7 Å². The van der Waals surface area contributed by atoms with Crippen LogP contribution in [0.5, 0.6) is 0 Å². The maximum absolute atomic E-state index is 12.1. The Morgan fingerprint density at radius 1 is 1.38 bits per heavy atom. The summed E-state index contributed by atoms with van der Waals surface area (Å²) < 4.78 is 4.97. The number of piperidine rings is 1. The normalized spacial score (nSPS) is 15.6. The highest BCUT2D eigenvalue weighted by atomic mass is 16.6. The number of nitrogens with one attached hydrogen (secondary N) is 1. The second-order valence-electron chi connectivity index (χ2n) is 5.10. The third kappa shape index (κ3) is 4.18. The molecule has 6 nitrogen and oxygen atoms in total. The molecule has 1 saturated heterocycles. The zero-order valence-corrected chi connectivity index (χ0v) is 12.5. The van der Waals surface area contributed by atoms with E-state index in [1.165, 1.54) is 0 Å². The Hall–Kier alpha value is -2.11. The molecular formula is C15H21N3O3. The van der Waals surface area contributed by atoms with Gasteiger partial charge in [0.1, 0.15) is 5.69 Å². The van der Waals surface area contributed by atoms with E-state index in [2.05, 4.69) is 10.3 Å². The van der Waals surface area contributed by atoms with Gasteiger partial charge in [-0.2, -0.15) is 0 Å². The zero-order valence-electron chi connectivity index (χ0n) is 12.5. The Labute approximate surface area is 124 Å². The summed E-state index contributed by atoms with van der Waals surface area (Å²) >= 11 is 0. The van der Waals surface area contributed by atoms with Crippen LogP contribution in [0.4, 0.5) is 4.79 Å². The molecule has 1 aliphatic heterocycles. The van der Waals surface area contributed by atoms with Gasteiger partial charge in [-0.15, -0.1) is 0 Å². The first kappa shape index (κ1) is 15.3. The molecule has 2 amide bonds. The monoisotopic (exact) mass is 291 g/mol. The number of pyridine rings is 1. The number of rotatable bonds is 3. The summed E-state index contributed by atoms with van der Waals surface area (Å²) in [4.78, 5) is 29.6. The van der Waals surface area contributed by atoms with E-state index in [1.807, 2.05) is 19.1 Å². The van der Waals surface area contributed by atoms with Crippen LogP contribution in [-0.4, -0.2) is 47.6 Å². The van der Waals surface area contributed by atoms with E-state index in [1.54, 1.807) is 17.9 Å². The van der Waals surface area contributed by atoms with Crippen molar-refractivity contribution in [3.05, 3.63) is 29.6 Å². The van der Waals surface area contributed by atoms with Crippen LogP contribution in [0, 0.1) is 6.92 Å². The average molecular weight is 291 g/mol. The average Bonchev–Trinajstić information content (AvgIpc) is 2.48. The molecule has 0 radical (unpaired) electrons. The van der Waals surface area contributed by atoms with Crippen LogP contribution >= 0.6 is 0 Å². The highest BCUT2D eigenvalue weighted by molar-refractivity contribution is 5.92. The molecule has 1 N–H and O–H groups in total. The Bertz CT molecular complexity index is 511. The lowest BCUT2D eigenvalue weighted by Crippen LogP contribution is -2.46. The Morgan fingerprint density at radius 2 is 2.10 bits per heavy atom. The van der Waals surface area contributed by atoms with E-state index in [4.69, 9.17) is 4.74 Å². The van der Waals surface area contributed by atoms with Crippen molar-refractivity contribution in [3.63, 3.8) is 0 Å². The SMILES string of the molecule is CCOC(=O)N1CCC(NC(=O)c2cccc(C)n2)CC1. The van der Waals surface area contributed by atoms with Crippen molar-refractivity contribution < 1.29 is 14.3 Å². The van der Waals surface area contributed by atoms with E-state index in [-0.39, 0.29) is 18.0 Å². The molecule has 0 spiro atoms. The minimum absolute atomic E-state index is 0.0745. The van der Waals surface area contributed by atoms with Crippen LogP contribution in [-0.2, 0) is 4.74 Å². The van der Waals surface area contributed by atoms with Crippen LogP contribution in [0.3, 0.4) is 0 Å². The van der Waals surface area contributed by atoms with Crippen molar-refractivity contribution in [2.24, 2.45) is 0 Å². The quantitative estimate of drug-likeness (QED) is 0.920. The van der Waals surface area contributed by atoms with E-state index < -0.39 is 0 Å². The van der Waals surface area contributed by atoms with Crippen LogP contribution in [0.2, 0.25) is 0 Å². The minimum Gasteiger partial charge on any atom is -0.450 e. The number of hydrogen-bond acceptors (Lipinski definition) is 4. The van der Waals surface area contributed by atoms with Crippen molar-refractivity contribution in [1.82, 2.24) is 15.2 Å². The summed E-state index contributed by atoms with van der Waals surface area (Å²) in [6.07, 6.45) is 1.19. The standard InChI is InChI=1S/C15H21N3O3/c1-3-21-15(20)18-9-7-12(8-10-18)17-14(19)13-6-4-5-11(2)16-13/h4-6,12H,3,7-10H2,1-2H3,(H,17,19). The number of carbonyl (C=O) groups is 2. The van der Waals surface area contributed by atoms with Crippen LogP contribution in [0.15, 0.2) is 18.2 Å². The summed E-state index contributed by atoms with van der Waals surface area (Å²) in [6.45, 7) is 5.24. The molecule has 1 aromatic heterocycles. The van der Waals surface area contributed by atoms with Gasteiger partial charge in [0.15, 0.2) is 0 Å². The predicted octanol–water partition coefficient (Wildman–Crippen LogP) is 1.74. The molecule has 1 aromatic rings. The number of carbonyl (C=O) groups excluding carboxylic acids is 2. The topological polar surface area (TPSA) is 71.5 Å². The number of hydrogen-bond donors (Lipinski definition) is 1. The molecular weight excluding hydrogens is 270 g/mol. The number of ether oxygens (including phenoxy) is 1. The third-order valence-electron chi connectivity index (χ3n) is 3.48. The fourth-order valence-electron chi connectivity index (χ4n) is 2.35. The van der Waals surface area contributed by atoms with Crippen molar-refractivity contribution >= 4 is 12.0 Å². The van der Waals surface area contributed by atoms with Gasteiger partial charge >= 0.3 is 6.09 Å². The molecule has 0 aliphatic carbocycles. The van der Waals surface area contributed by atoms with E-state index in [0.29, 0.717) is 25.4 Å². The molecule has 0 atom stereocenters. The van der Waals surface area contributed by atoms with E-state index in [9.17, 15) is 9.59 Å². The second-order valence-corrected chi connectivity index (χ2v) is 5.10. The molecule has 6 heteroatoms. The number of aryl methyl sites for hydroxylation is 1. The lowest BCUT2D eigenvalue weighted by molar-refractivity contribution is 0.0856. The zero-order chi connectivity index (χ0) is 15.2. The molecule has 2 heterocycles. The van der Waals surface area contributed by atoms with Gasteiger partial charge < -0.3 is 15.0 Å². The van der Waals surface area contributed by atoms with E-state index >= 15 is 0 Å². The molecule has 0 bridgehead atoms. The fraction of sp³-hybridized carbons (Fsp3) is 0.533. The first-order valence-corrected chi connectivity index (χ1v) is 7.26. The van der Waals surface area contributed by atoms with Gasteiger partial charge in [0.25, 0.3) is 5.91 Å². The summed E-state index contributed by atoms with van der Waals surface area (Å²) in [5.41, 5.74) is 1.25. The Kier molecular flexibility index (Phi) is 5.14. The Morgan fingerprint density at radius 3 is 2.71 bits per heavy atom. The van der Waals surface area contributed by atoms with Crippen LogP contribution in [0.1, 0.15) is 35.9 Å². The lowest BCUT2D eigenvalue weighted by atomic mass is 10.1. The smallest absolute Gasteiger partial charge is 0.409 e. The molecule has 0 saturated carbocycles. The second kappa shape index (κ2) is 7.06. The van der Waals surface area contributed by atoms with Gasteiger partial charge in [-0.1, -0.05) is 6.07 Å². The number of amides is 2. The predicted molar refractivity (Wildman–Crippen MR) is 78.1 cm³/mol. The first-order valence-electron chi connectivity index (χ1n) is 7.26. The summed E-state index contributed by atoms with van der Waals surface area (Å²) in [7, 11) is 0. The van der Waals surface area contributed by atoms with E-state index in [0.717, 1.165) is 18.5 Å². The van der Waals surface area contributed by atoms with Gasteiger partial charge in [-0.25, -0.2) is 9.78 Å². The number of nitrogens with zero attached hydrogens (tertiary/aromatic N) is 2. The largest absolute Gasteiger partial charge is 0.450 e. The summed E-state index contributed by atoms with van der Waals surface area (Å²) in [6, 6.07) is 5.45. The van der Waals surface area contributed by atoms with Crippen molar-refractivity contribution in [2.75, 3.05) is 19.7 Å². The number of aromatic nitrogens is 1. The Balaban J connectivity index is 1.83. The molecule has 0 aromatic carbocycles. The van der Waals surface area contributed by atoms with Crippen molar-refractivity contribution in [3.8, 4) is 0 Å². The molecule has 1 fully saturated rings. The third-order valence-corrected chi connectivity index (χ3v) is 3.48. The van der Waals surface area contributed by atoms with Gasteiger partial charge in [0, 0.05) is 24.8 Å². The molecule has 1 aliphatic rings. The molecule has 2 rings (SSSR count). The van der Waals surface area contributed by atoms with Gasteiger partial charge in [-0.05, 0) is 38.8 Å². The highest BCUT2D eigenvalue weighted by Crippen LogP contribution is 2.12. The van der Waals surface area contributed by atoms with Crippen LogP contribution < -0.4 is 5.32 Å². The minimum atomic E-state index is -0.275. The molecule has 21 heavy (non-hydrogen) atoms. The highest BCUT2D eigenvalue weighted by Gasteiger charge is 2.24. The van der Waals surface area contributed by atoms with Crippen molar-refractivity contribution in [1.29, 1.82) is 0 Å². The maximum Gasteiger partial charge on any atom is 0.409 e. The van der Waals surface area contributed by atoms with Gasteiger partial charge in [-0.3, -0.25) is 4.79 Å². The summed E-state index contributed by atoms with van der Waals surface area (Å²) in [5.74, 6) is -0.159. The fourth-order valence-corrected chi connectivity index (χ4v) is 2.35. The maximum atomic E-state index is 12.1. The summed E-state index contributed by atoms with van der Waals surface area (Å²) in [5, 5.41) is 2.97. The lowest BCUT2D eigenvalue weighted by Gasteiger charge is -2.31. The van der Waals surface area contributed by atoms with Gasteiger partial charge in [0.2, 0.25) is 0 Å².